The predicted octanol–water partition coefficient (Wildman–Crippen LogP) is 8.20. The number of benzene rings is 2. The average Bonchev–Trinajstić information content (AvgIpc) is 3.23. The van der Waals surface area contributed by atoms with Crippen molar-refractivity contribution in [1.29, 1.82) is 0 Å². The van der Waals surface area contributed by atoms with Crippen molar-refractivity contribution in [3.05, 3.63) is 58.1 Å². The molecule has 3 rings (SSSR count). The summed E-state index contributed by atoms with van der Waals surface area (Å²) in [6, 6.07) is 11.8. The molecule has 0 aliphatic carbocycles. The van der Waals surface area contributed by atoms with Crippen LogP contribution in [0.1, 0.15) is 64.5 Å². The van der Waals surface area contributed by atoms with Crippen LogP contribution in [-0.2, 0) is 30.0 Å². The lowest BCUT2D eigenvalue weighted by Gasteiger charge is -2.27. The van der Waals surface area contributed by atoms with Gasteiger partial charge in [-0.3, -0.25) is 19.2 Å². The van der Waals surface area contributed by atoms with Crippen molar-refractivity contribution in [2.45, 2.75) is 76.6 Å². The molecule has 45 heavy (non-hydrogen) atoms. The van der Waals surface area contributed by atoms with Gasteiger partial charge in [-0.15, -0.1) is 0 Å². The number of ketones is 2. The van der Waals surface area contributed by atoms with E-state index in [4.69, 9.17) is 9.47 Å². The first kappa shape index (κ1) is 40.1. The fourth-order valence-corrected chi connectivity index (χ4v) is 4.87. The first-order valence-corrected chi connectivity index (χ1v) is 14.7. The fourth-order valence-electron chi connectivity index (χ4n) is 4.16. The smallest absolute Gasteiger partial charge is 0.450 e. The summed E-state index contributed by atoms with van der Waals surface area (Å²) in [5.74, 6) is -2.80. The minimum Gasteiger partial charge on any atom is -0.496 e. The highest BCUT2D eigenvalue weighted by molar-refractivity contribution is 9.10. The van der Waals surface area contributed by atoms with Gasteiger partial charge >= 0.3 is 12.4 Å². The third-order valence-electron chi connectivity index (χ3n) is 6.55. The van der Waals surface area contributed by atoms with Gasteiger partial charge in [0, 0.05) is 52.1 Å². The van der Waals surface area contributed by atoms with E-state index in [9.17, 15) is 45.5 Å². The first-order chi connectivity index (χ1) is 20.5. The molecule has 0 radical (unpaired) electrons. The van der Waals surface area contributed by atoms with Crippen LogP contribution in [0.2, 0.25) is 0 Å². The maximum absolute atomic E-state index is 12.4. The van der Waals surface area contributed by atoms with Crippen molar-refractivity contribution in [2.24, 2.45) is 0 Å². The van der Waals surface area contributed by atoms with Crippen LogP contribution in [0.5, 0.6) is 11.5 Å². The van der Waals surface area contributed by atoms with Crippen LogP contribution in [0.4, 0.5) is 26.3 Å². The van der Waals surface area contributed by atoms with E-state index in [1.54, 1.807) is 70.2 Å². The molecule has 1 aliphatic heterocycles. The maximum Gasteiger partial charge on any atom is 0.450 e. The van der Waals surface area contributed by atoms with Gasteiger partial charge in [0.25, 0.3) is 0 Å². The number of methoxy groups -OCH3 is 2. The molecule has 2 aromatic rings. The molecule has 0 N–H and O–H groups in total. The Morgan fingerprint density at radius 1 is 0.733 bits per heavy atom. The minimum absolute atomic E-state index is 0.144. The molecule has 0 spiro atoms. The van der Waals surface area contributed by atoms with Crippen molar-refractivity contribution in [2.75, 3.05) is 14.2 Å². The summed E-state index contributed by atoms with van der Waals surface area (Å²) < 4.78 is 85.9. The molecule has 1 aliphatic rings. The molecule has 7 nitrogen and oxygen atoms in total. The van der Waals surface area contributed by atoms with Crippen molar-refractivity contribution < 1.29 is 55.0 Å². The van der Waals surface area contributed by atoms with Gasteiger partial charge in [0.05, 0.1) is 30.4 Å². The third kappa shape index (κ3) is 12.1. The molecule has 2 aromatic carbocycles. The summed E-state index contributed by atoms with van der Waals surface area (Å²) in [6.07, 6.45) is -10.1. The zero-order valence-corrected chi connectivity index (χ0v) is 28.5. The van der Waals surface area contributed by atoms with Gasteiger partial charge in [-0.1, -0.05) is 61.8 Å². The van der Waals surface area contributed by atoms with E-state index < -0.39 is 47.6 Å². The Labute approximate surface area is 274 Å². The SMILES string of the molecule is COc1ccc(Br)cc1C(C)(C)CC(=O)C(F)(F)F.COc1ccccc1C(C)(C)CC(=O)C(F)(F)F.O=C1CCC(=O)N1Br. The zero-order chi connectivity index (χ0) is 35.0. The molecule has 1 saturated heterocycles. The van der Waals surface area contributed by atoms with Crippen LogP contribution < -0.4 is 9.47 Å². The highest BCUT2D eigenvalue weighted by atomic mass is 79.9. The summed E-state index contributed by atoms with van der Waals surface area (Å²) in [4.78, 5) is 43.1. The number of carbonyl (C=O) groups is 4. The van der Waals surface area contributed by atoms with Gasteiger partial charge in [0.2, 0.25) is 23.4 Å². The van der Waals surface area contributed by atoms with E-state index >= 15 is 0 Å². The number of nitrogens with zero attached hydrogens (tertiary/aromatic N) is 1. The minimum atomic E-state index is -4.81. The number of Topliss-reactive ketones (excluding diaryl/α,β-unsaturated/α-hetero) is 2. The van der Waals surface area contributed by atoms with Gasteiger partial charge in [-0.2, -0.15) is 26.3 Å². The number of amides is 2. The molecule has 2 amide bonds. The second-order valence-electron chi connectivity index (χ2n) is 11.1. The third-order valence-corrected chi connectivity index (χ3v) is 7.84. The van der Waals surface area contributed by atoms with Gasteiger partial charge in [0.15, 0.2) is 0 Å². The number of alkyl halides is 6. The van der Waals surface area contributed by atoms with Crippen LogP contribution in [0.15, 0.2) is 46.9 Å². The average molecular weight is 777 g/mol. The molecule has 0 aromatic heterocycles. The molecule has 1 heterocycles. The Morgan fingerprint density at radius 3 is 1.51 bits per heavy atom. The molecule has 0 bridgehead atoms. The van der Waals surface area contributed by atoms with Gasteiger partial charge in [-0.05, 0) is 24.3 Å². The van der Waals surface area contributed by atoms with E-state index in [0.717, 1.165) is 8.40 Å². The van der Waals surface area contributed by atoms with E-state index in [1.165, 1.54) is 14.2 Å². The first-order valence-electron chi connectivity index (χ1n) is 13.2. The molecule has 15 heteroatoms. The number of carbonyl (C=O) groups excluding carboxylic acids is 4. The van der Waals surface area contributed by atoms with E-state index in [0.29, 0.717) is 35.5 Å². The summed E-state index contributed by atoms with van der Waals surface area (Å²) in [5.41, 5.74) is -0.756. The second-order valence-corrected chi connectivity index (χ2v) is 12.7. The van der Waals surface area contributed by atoms with E-state index in [2.05, 4.69) is 32.1 Å². The fraction of sp³-hybridized carbons (Fsp3) is 0.467. The van der Waals surface area contributed by atoms with Crippen molar-refractivity contribution in [3.8, 4) is 11.5 Å². The molecular weight excluding hydrogens is 744 g/mol. The van der Waals surface area contributed by atoms with Crippen LogP contribution in [0.25, 0.3) is 0 Å². The number of hydrogen-bond acceptors (Lipinski definition) is 6. The summed E-state index contributed by atoms with van der Waals surface area (Å²) >= 11 is 6.06. The Morgan fingerprint density at radius 2 is 1.13 bits per heavy atom. The van der Waals surface area contributed by atoms with Gasteiger partial charge < -0.3 is 9.47 Å². The number of para-hydroxylation sites is 1. The predicted molar refractivity (Wildman–Crippen MR) is 161 cm³/mol. The Hall–Kier alpha value is -2.94. The lowest BCUT2D eigenvalue weighted by molar-refractivity contribution is -0.172. The molecule has 0 unspecified atom stereocenters. The zero-order valence-electron chi connectivity index (χ0n) is 25.3. The number of halogens is 8. The topological polar surface area (TPSA) is 90.0 Å². The molecule has 0 atom stereocenters. The Balaban J connectivity index is 0.000000363. The molecule has 250 valence electrons. The lowest BCUT2D eigenvalue weighted by atomic mass is 9.79. The van der Waals surface area contributed by atoms with Crippen LogP contribution in [0, 0.1) is 0 Å². The quantitative estimate of drug-likeness (QED) is 0.153. The van der Waals surface area contributed by atoms with Crippen molar-refractivity contribution >= 4 is 55.5 Å². The number of ether oxygens (including phenoxy) is 2. The summed E-state index contributed by atoms with van der Waals surface area (Å²) in [6.45, 7) is 6.35. The summed E-state index contributed by atoms with van der Waals surface area (Å²) in [5, 5.41) is 0. The molecule has 0 saturated carbocycles. The number of imide groups is 1. The highest BCUT2D eigenvalue weighted by Gasteiger charge is 2.43. The normalized spacial score (nSPS) is 13.8. The van der Waals surface area contributed by atoms with Crippen LogP contribution in [-0.4, -0.2) is 53.9 Å². The monoisotopic (exact) mass is 775 g/mol. The Kier molecular flexibility index (Phi) is 14.3. The summed E-state index contributed by atoms with van der Waals surface area (Å²) in [7, 11) is 2.88. The van der Waals surface area contributed by atoms with E-state index in [-0.39, 0.29) is 11.8 Å². The van der Waals surface area contributed by atoms with E-state index in [1.807, 2.05) is 0 Å². The van der Waals surface area contributed by atoms with Crippen LogP contribution in [0.3, 0.4) is 0 Å². The van der Waals surface area contributed by atoms with Gasteiger partial charge in [-0.25, -0.2) is 3.93 Å². The van der Waals surface area contributed by atoms with Crippen molar-refractivity contribution in [3.63, 3.8) is 0 Å². The standard InChI is InChI=1S/C13H14BrF3O2.C13H15F3O2.C4H4BrNO2/c1-12(2,7-11(18)13(15,16)17)9-6-8(14)4-5-10(9)19-3;1-12(2,8-11(17)13(14,15)16)9-6-4-5-7-10(9)18-3;5-6-3(7)1-2-4(6)8/h4-6H,7H2,1-3H3;4-7H,8H2,1-3H3;1-2H2. The lowest BCUT2D eigenvalue weighted by Crippen LogP contribution is -2.31. The molecular formula is C30H33Br2F6NO6. The maximum atomic E-state index is 12.4. The van der Waals surface area contributed by atoms with Crippen LogP contribution >= 0.6 is 32.1 Å². The Bertz CT molecular complexity index is 1360. The van der Waals surface area contributed by atoms with Crippen molar-refractivity contribution in [1.82, 2.24) is 3.93 Å². The molecule has 1 fully saturated rings. The second kappa shape index (κ2) is 16.1. The van der Waals surface area contributed by atoms with Gasteiger partial charge in [0.1, 0.15) is 11.5 Å². The largest absolute Gasteiger partial charge is 0.496 e. The highest BCUT2D eigenvalue weighted by Crippen LogP contribution is 2.38. The number of rotatable bonds is 8. The number of hydrogen-bond donors (Lipinski definition) is 0.